The Morgan fingerprint density at radius 3 is 2.45 bits per heavy atom. The SMILES string of the molecule is CCCCOc1ccc(C(NN)C(C)CCOC)cc1. The molecule has 0 saturated heterocycles. The minimum Gasteiger partial charge on any atom is -0.494 e. The third kappa shape index (κ3) is 5.49. The maximum Gasteiger partial charge on any atom is 0.119 e. The van der Waals surface area contributed by atoms with Crippen molar-refractivity contribution in [1.29, 1.82) is 0 Å². The van der Waals surface area contributed by atoms with Crippen LogP contribution >= 0.6 is 0 Å². The van der Waals surface area contributed by atoms with Crippen LogP contribution in [0.3, 0.4) is 0 Å². The van der Waals surface area contributed by atoms with Crippen LogP contribution in [0.5, 0.6) is 5.75 Å². The van der Waals surface area contributed by atoms with Crippen LogP contribution in [0.4, 0.5) is 0 Å². The second kappa shape index (κ2) is 9.75. The predicted octanol–water partition coefficient (Wildman–Crippen LogP) is 3.04. The molecule has 114 valence electrons. The van der Waals surface area contributed by atoms with Crippen LogP contribution in [0.25, 0.3) is 0 Å². The molecule has 3 N–H and O–H groups in total. The number of nitrogens with two attached hydrogens (primary N) is 1. The van der Waals surface area contributed by atoms with Crippen molar-refractivity contribution in [2.24, 2.45) is 11.8 Å². The van der Waals surface area contributed by atoms with E-state index >= 15 is 0 Å². The Balaban J connectivity index is 2.59. The maximum absolute atomic E-state index is 5.69. The zero-order valence-corrected chi connectivity index (χ0v) is 12.9. The van der Waals surface area contributed by atoms with Gasteiger partial charge in [0.2, 0.25) is 0 Å². The minimum absolute atomic E-state index is 0.134. The van der Waals surface area contributed by atoms with E-state index < -0.39 is 0 Å². The lowest BCUT2D eigenvalue weighted by atomic mass is 9.92. The van der Waals surface area contributed by atoms with Crippen molar-refractivity contribution in [3.8, 4) is 5.75 Å². The fourth-order valence-electron chi connectivity index (χ4n) is 2.17. The van der Waals surface area contributed by atoms with Crippen LogP contribution in [0.15, 0.2) is 24.3 Å². The van der Waals surface area contributed by atoms with Crippen molar-refractivity contribution < 1.29 is 9.47 Å². The molecular formula is C16H28N2O2. The zero-order valence-electron chi connectivity index (χ0n) is 12.9. The average Bonchev–Trinajstić information content (AvgIpc) is 2.47. The Kier molecular flexibility index (Phi) is 8.26. The Bertz CT molecular complexity index is 354. The normalized spacial score (nSPS) is 14.0. The van der Waals surface area contributed by atoms with Gasteiger partial charge in [-0.2, -0.15) is 0 Å². The van der Waals surface area contributed by atoms with Gasteiger partial charge >= 0.3 is 0 Å². The molecule has 4 heteroatoms. The molecule has 0 aliphatic rings. The van der Waals surface area contributed by atoms with Crippen molar-refractivity contribution in [2.45, 2.75) is 39.2 Å². The van der Waals surface area contributed by atoms with Gasteiger partial charge in [0.15, 0.2) is 0 Å². The molecule has 0 aliphatic carbocycles. The maximum atomic E-state index is 5.69. The molecule has 0 aromatic heterocycles. The summed E-state index contributed by atoms with van der Waals surface area (Å²) in [5.41, 5.74) is 4.08. The Labute approximate surface area is 122 Å². The standard InChI is InChI=1S/C16H28N2O2/c1-4-5-11-20-15-8-6-14(7-9-15)16(18-17)13(2)10-12-19-3/h6-9,13,16,18H,4-5,10-12,17H2,1-3H3. The number of hydrogen-bond donors (Lipinski definition) is 2. The van der Waals surface area contributed by atoms with Gasteiger partial charge < -0.3 is 9.47 Å². The van der Waals surface area contributed by atoms with Crippen LogP contribution in [0.2, 0.25) is 0 Å². The third-order valence-corrected chi connectivity index (χ3v) is 3.53. The predicted molar refractivity (Wildman–Crippen MR) is 82.6 cm³/mol. The van der Waals surface area contributed by atoms with Gasteiger partial charge in [-0.25, -0.2) is 0 Å². The van der Waals surface area contributed by atoms with Crippen LogP contribution in [0, 0.1) is 5.92 Å². The van der Waals surface area contributed by atoms with E-state index in [2.05, 4.69) is 31.4 Å². The molecular weight excluding hydrogens is 252 g/mol. The lowest BCUT2D eigenvalue weighted by molar-refractivity contribution is 0.170. The molecule has 1 aromatic rings. The van der Waals surface area contributed by atoms with E-state index in [1.807, 2.05) is 12.1 Å². The zero-order chi connectivity index (χ0) is 14.8. The Morgan fingerprint density at radius 1 is 1.20 bits per heavy atom. The number of rotatable bonds is 10. The van der Waals surface area contributed by atoms with Gasteiger partial charge in [0.1, 0.15) is 5.75 Å². The summed E-state index contributed by atoms with van der Waals surface area (Å²) < 4.78 is 10.8. The first-order valence-corrected chi connectivity index (χ1v) is 7.40. The monoisotopic (exact) mass is 280 g/mol. The smallest absolute Gasteiger partial charge is 0.119 e. The Hall–Kier alpha value is -1.10. The van der Waals surface area contributed by atoms with Crippen LogP contribution in [-0.4, -0.2) is 20.3 Å². The van der Waals surface area contributed by atoms with Gasteiger partial charge in [-0.1, -0.05) is 32.4 Å². The Morgan fingerprint density at radius 2 is 1.90 bits per heavy atom. The van der Waals surface area contributed by atoms with Crippen LogP contribution in [-0.2, 0) is 4.74 Å². The second-order valence-corrected chi connectivity index (χ2v) is 5.17. The molecule has 0 saturated carbocycles. The lowest BCUT2D eigenvalue weighted by Gasteiger charge is -2.23. The summed E-state index contributed by atoms with van der Waals surface area (Å²) in [6.45, 7) is 5.86. The van der Waals surface area contributed by atoms with Gasteiger partial charge in [0.25, 0.3) is 0 Å². The van der Waals surface area contributed by atoms with Crippen LogP contribution in [0.1, 0.15) is 44.7 Å². The number of ether oxygens (including phenoxy) is 2. The first-order valence-electron chi connectivity index (χ1n) is 7.40. The van der Waals surface area contributed by atoms with Gasteiger partial charge in [0.05, 0.1) is 6.61 Å². The van der Waals surface area contributed by atoms with E-state index in [1.54, 1.807) is 7.11 Å². The van der Waals surface area contributed by atoms with Gasteiger partial charge in [-0.15, -0.1) is 0 Å². The molecule has 20 heavy (non-hydrogen) atoms. The van der Waals surface area contributed by atoms with Crippen LogP contribution < -0.4 is 16.0 Å². The largest absolute Gasteiger partial charge is 0.494 e. The molecule has 2 atom stereocenters. The van der Waals surface area contributed by atoms with Crippen molar-refractivity contribution >= 4 is 0 Å². The summed E-state index contributed by atoms with van der Waals surface area (Å²) in [6.07, 6.45) is 3.21. The van der Waals surface area contributed by atoms with Crippen molar-refractivity contribution in [3.63, 3.8) is 0 Å². The van der Waals surface area contributed by atoms with Crippen molar-refractivity contribution in [3.05, 3.63) is 29.8 Å². The average molecular weight is 280 g/mol. The van der Waals surface area contributed by atoms with Gasteiger partial charge in [-0.3, -0.25) is 11.3 Å². The highest BCUT2D eigenvalue weighted by Gasteiger charge is 2.17. The first kappa shape index (κ1) is 17.0. The quantitative estimate of drug-likeness (QED) is 0.393. The fraction of sp³-hybridized carbons (Fsp3) is 0.625. The molecule has 1 rings (SSSR count). The lowest BCUT2D eigenvalue weighted by Crippen LogP contribution is -2.33. The molecule has 1 aromatic carbocycles. The number of hydrogen-bond acceptors (Lipinski definition) is 4. The highest BCUT2D eigenvalue weighted by molar-refractivity contribution is 5.29. The molecule has 0 radical (unpaired) electrons. The van der Waals surface area contributed by atoms with E-state index in [-0.39, 0.29) is 6.04 Å². The molecule has 0 amide bonds. The summed E-state index contributed by atoms with van der Waals surface area (Å²) in [5, 5.41) is 0. The molecule has 2 unspecified atom stereocenters. The fourth-order valence-corrected chi connectivity index (χ4v) is 2.17. The molecule has 0 spiro atoms. The van der Waals surface area contributed by atoms with E-state index in [4.69, 9.17) is 15.3 Å². The number of benzene rings is 1. The van der Waals surface area contributed by atoms with E-state index in [0.29, 0.717) is 5.92 Å². The molecule has 0 heterocycles. The number of hydrazine groups is 1. The molecule has 4 nitrogen and oxygen atoms in total. The highest BCUT2D eigenvalue weighted by atomic mass is 16.5. The molecule has 0 fully saturated rings. The summed E-state index contributed by atoms with van der Waals surface area (Å²) in [5.74, 6) is 7.02. The van der Waals surface area contributed by atoms with Gasteiger partial charge in [0, 0.05) is 19.8 Å². The first-order chi connectivity index (χ1) is 9.72. The van der Waals surface area contributed by atoms with E-state index in [1.165, 1.54) is 5.56 Å². The van der Waals surface area contributed by atoms with E-state index in [0.717, 1.165) is 38.2 Å². The second-order valence-electron chi connectivity index (χ2n) is 5.17. The summed E-state index contributed by atoms with van der Waals surface area (Å²) in [4.78, 5) is 0. The third-order valence-electron chi connectivity index (χ3n) is 3.53. The summed E-state index contributed by atoms with van der Waals surface area (Å²) in [6, 6.07) is 8.32. The van der Waals surface area contributed by atoms with Crippen molar-refractivity contribution in [1.82, 2.24) is 5.43 Å². The molecule has 0 aliphatic heterocycles. The number of unbranched alkanes of at least 4 members (excludes halogenated alkanes) is 1. The summed E-state index contributed by atoms with van der Waals surface area (Å²) >= 11 is 0. The number of methoxy groups -OCH3 is 1. The highest BCUT2D eigenvalue weighted by Crippen LogP contribution is 2.25. The minimum atomic E-state index is 0.134. The topological polar surface area (TPSA) is 56.5 Å². The van der Waals surface area contributed by atoms with Crippen molar-refractivity contribution in [2.75, 3.05) is 20.3 Å². The van der Waals surface area contributed by atoms with E-state index in [9.17, 15) is 0 Å². The molecule has 0 bridgehead atoms. The number of nitrogens with one attached hydrogen (secondary N) is 1. The summed E-state index contributed by atoms with van der Waals surface area (Å²) in [7, 11) is 1.72. The van der Waals surface area contributed by atoms with Gasteiger partial charge in [-0.05, 0) is 36.5 Å².